The van der Waals surface area contributed by atoms with E-state index in [1.165, 1.54) is 0 Å². The van der Waals surface area contributed by atoms with Crippen LogP contribution in [-0.2, 0) is 4.74 Å². The molecule has 3 heterocycles. The zero-order valence-electron chi connectivity index (χ0n) is 13.8. The number of anilines is 1. The zero-order valence-corrected chi connectivity index (χ0v) is 14.5. The molecule has 0 N–H and O–H groups in total. The number of hydrogen-bond donors (Lipinski definition) is 0. The van der Waals surface area contributed by atoms with Crippen molar-refractivity contribution in [2.24, 2.45) is 0 Å². The highest BCUT2D eigenvalue weighted by atomic mass is 35.5. The Morgan fingerprint density at radius 1 is 1.12 bits per heavy atom. The van der Waals surface area contributed by atoms with Gasteiger partial charge >= 0.3 is 0 Å². The summed E-state index contributed by atoms with van der Waals surface area (Å²) in [7, 11) is 1.64. The molecule has 2 aromatic heterocycles. The van der Waals surface area contributed by atoms with E-state index in [9.17, 15) is 0 Å². The van der Waals surface area contributed by atoms with Crippen molar-refractivity contribution in [2.75, 3.05) is 38.3 Å². The minimum atomic E-state index is 0.555. The fourth-order valence-electron chi connectivity index (χ4n) is 2.84. The number of hydrogen-bond acceptors (Lipinski definition) is 6. The van der Waals surface area contributed by atoms with Gasteiger partial charge < -0.3 is 14.4 Å². The molecule has 25 heavy (non-hydrogen) atoms. The summed E-state index contributed by atoms with van der Waals surface area (Å²) in [6, 6.07) is 9.51. The topological polar surface area (TPSA) is 60.4 Å². The summed E-state index contributed by atoms with van der Waals surface area (Å²) in [5, 5.41) is 0.555. The van der Waals surface area contributed by atoms with Crippen LogP contribution in [0.3, 0.4) is 0 Å². The average Bonchev–Trinajstić information content (AvgIpc) is 2.67. The number of benzene rings is 1. The van der Waals surface area contributed by atoms with Crippen LogP contribution in [0.15, 0.2) is 36.5 Å². The van der Waals surface area contributed by atoms with Gasteiger partial charge in [0.15, 0.2) is 11.6 Å². The number of nitrogens with zero attached hydrogens (tertiary/aromatic N) is 4. The molecule has 128 valence electrons. The number of aromatic nitrogens is 3. The summed E-state index contributed by atoms with van der Waals surface area (Å²) in [6.07, 6.45) is 1.63. The number of methoxy groups -OCH3 is 1. The van der Waals surface area contributed by atoms with E-state index in [1.807, 2.05) is 30.3 Å². The summed E-state index contributed by atoms with van der Waals surface area (Å²) in [6.45, 7) is 2.91. The summed E-state index contributed by atoms with van der Waals surface area (Å²) < 4.78 is 10.7. The molecule has 1 saturated heterocycles. The maximum atomic E-state index is 6.12. The van der Waals surface area contributed by atoms with Gasteiger partial charge in [0.25, 0.3) is 0 Å². The Bertz CT molecular complexity index is 895. The molecule has 1 aliphatic heterocycles. The lowest BCUT2D eigenvalue weighted by Crippen LogP contribution is -2.37. The van der Waals surface area contributed by atoms with Crippen molar-refractivity contribution in [3.8, 4) is 17.1 Å². The van der Waals surface area contributed by atoms with Crippen LogP contribution < -0.4 is 9.64 Å². The lowest BCUT2D eigenvalue weighted by atomic mass is 10.2. The van der Waals surface area contributed by atoms with Crippen molar-refractivity contribution in [1.29, 1.82) is 0 Å². The van der Waals surface area contributed by atoms with Crippen LogP contribution in [-0.4, -0.2) is 48.4 Å². The first-order valence-electron chi connectivity index (χ1n) is 8.05. The quantitative estimate of drug-likeness (QED) is 0.718. The summed E-state index contributed by atoms with van der Waals surface area (Å²) in [5.41, 5.74) is 2.40. The van der Waals surface area contributed by atoms with E-state index < -0.39 is 0 Å². The molecule has 0 spiro atoms. The van der Waals surface area contributed by atoms with E-state index in [1.54, 1.807) is 13.3 Å². The standard InChI is InChI=1S/C18H17ClN4O2/c1-24-14-4-2-12(3-5-14)17-21-15-10-13(19)11-20-16(15)18(22-17)23-6-8-25-9-7-23/h2-5,10-11H,6-9H2,1H3. The van der Waals surface area contributed by atoms with Crippen LogP contribution in [0.25, 0.3) is 22.4 Å². The first-order valence-corrected chi connectivity index (χ1v) is 8.43. The molecule has 1 fully saturated rings. The van der Waals surface area contributed by atoms with Crippen LogP contribution in [0.4, 0.5) is 5.82 Å². The minimum absolute atomic E-state index is 0.555. The highest BCUT2D eigenvalue weighted by Gasteiger charge is 2.19. The maximum absolute atomic E-state index is 6.12. The summed E-state index contributed by atoms with van der Waals surface area (Å²) in [4.78, 5) is 16.1. The van der Waals surface area contributed by atoms with Crippen molar-refractivity contribution in [2.45, 2.75) is 0 Å². The van der Waals surface area contributed by atoms with Crippen LogP contribution >= 0.6 is 11.6 Å². The fraction of sp³-hybridized carbons (Fsp3) is 0.278. The van der Waals surface area contributed by atoms with Crippen LogP contribution in [0.1, 0.15) is 0 Å². The molecule has 0 unspecified atom stereocenters. The summed E-state index contributed by atoms with van der Waals surface area (Å²) in [5.74, 6) is 2.25. The fourth-order valence-corrected chi connectivity index (χ4v) is 3.00. The number of rotatable bonds is 3. The third kappa shape index (κ3) is 3.23. The Morgan fingerprint density at radius 3 is 2.60 bits per heavy atom. The molecule has 0 atom stereocenters. The van der Waals surface area contributed by atoms with E-state index in [2.05, 4.69) is 14.9 Å². The molecule has 0 saturated carbocycles. The van der Waals surface area contributed by atoms with Crippen LogP contribution in [0, 0.1) is 0 Å². The van der Waals surface area contributed by atoms with Gasteiger partial charge in [-0.05, 0) is 30.3 Å². The van der Waals surface area contributed by atoms with Gasteiger partial charge in [0.1, 0.15) is 11.3 Å². The molecule has 4 rings (SSSR count). The highest BCUT2D eigenvalue weighted by Crippen LogP contribution is 2.28. The SMILES string of the molecule is COc1ccc(-c2nc(N3CCOCC3)c3ncc(Cl)cc3n2)cc1. The molecule has 7 heteroatoms. The van der Waals surface area contributed by atoms with Crippen molar-refractivity contribution >= 4 is 28.5 Å². The Morgan fingerprint density at radius 2 is 1.88 bits per heavy atom. The molecular weight excluding hydrogens is 340 g/mol. The van der Waals surface area contributed by atoms with Crippen LogP contribution in [0.5, 0.6) is 5.75 Å². The second-order valence-electron chi connectivity index (χ2n) is 5.72. The van der Waals surface area contributed by atoms with Crippen LogP contribution in [0.2, 0.25) is 5.02 Å². The number of halogens is 1. The first-order chi connectivity index (χ1) is 12.2. The van der Waals surface area contributed by atoms with Crippen molar-refractivity contribution in [3.63, 3.8) is 0 Å². The number of morpholine rings is 1. The van der Waals surface area contributed by atoms with Gasteiger partial charge in [-0.15, -0.1) is 0 Å². The van der Waals surface area contributed by atoms with Gasteiger partial charge in [0.2, 0.25) is 0 Å². The second-order valence-corrected chi connectivity index (χ2v) is 6.16. The lowest BCUT2D eigenvalue weighted by Gasteiger charge is -2.28. The highest BCUT2D eigenvalue weighted by molar-refractivity contribution is 6.31. The normalized spacial score (nSPS) is 14.7. The van der Waals surface area contributed by atoms with Crippen molar-refractivity contribution in [3.05, 3.63) is 41.6 Å². The smallest absolute Gasteiger partial charge is 0.162 e. The van der Waals surface area contributed by atoms with Gasteiger partial charge in [-0.3, -0.25) is 0 Å². The molecule has 0 aliphatic carbocycles. The van der Waals surface area contributed by atoms with E-state index in [-0.39, 0.29) is 0 Å². The average molecular weight is 357 g/mol. The number of fused-ring (bicyclic) bond motifs is 1. The van der Waals surface area contributed by atoms with Gasteiger partial charge in [0, 0.05) is 24.8 Å². The second kappa shape index (κ2) is 6.82. The molecule has 1 aromatic carbocycles. The molecule has 6 nitrogen and oxygen atoms in total. The molecule has 0 radical (unpaired) electrons. The molecule has 0 amide bonds. The predicted molar refractivity (Wildman–Crippen MR) is 97.4 cm³/mol. The van der Waals surface area contributed by atoms with Crippen molar-refractivity contribution < 1.29 is 9.47 Å². The minimum Gasteiger partial charge on any atom is -0.497 e. The molecule has 1 aliphatic rings. The van der Waals surface area contributed by atoms with E-state index >= 15 is 0 Å². The van der Waals surface area contributed by atoms with Gasteiger partial charge in [0.05, 0.1) is 30.9 Å². The van der Waals surface area contributed by atoms with E-state index in [0.717, 1.165) is 41.3 Å². The Balaban J connectivity index is 1.86. The van der Waals surface area contributed by atoms with Gasteiger partial charge in [-0.1, -0.05) is 11.6 Å². The third-order valence-corrected chi connectivity index (χ3v) is 4.35. The Labute approximate surface area is 150 Å². The monoisotopic (exact) mass is 356 g/mol. The zero-order chi connectivity index (χ0) is 17.2. The van der Waals surface area contributed by atoms with E-state index in [4.69, 9.17) is 26.1 Å². The predicted octanol–water partition coefficient (Wildman–Crippen LogP) is 3.19. The van der Waals surface area contributed by atoms with Gasteiger partial charge in [-0.2, -0.15) is 0 Å². The summed E-state index contributed by atoms with van der Waals surface area (Å²) >= 11 is 6.12. The molecular formula is C18H17ClN4O2. The largest absolute Gasteiger partial charge is 0.497 e. The third-order valence-electron chi connectivity index (χ3n) is 4.14. The number of pyridine rings is 1. The molecule has 3 aromatic rings. The van der Waals surface area contributed by atoms with E-state index in [0.29, 0.717) is 24.1 Å². The lowest BCUT2D eigenvalue weighted by molar-refractivity contribution is 0.122. The maximum Gasteiger partial charge on any atom is 0.162 e. The molecule has 0 bridgehead atoms. The van der Waals surface area contributed by atoms with Crippen molar-refractivity contribution in [1.82, 2.24) is 15.0 Å². The van der Waals surface area contributed by atoms with Gasteiger partial charge in [-0.25, -0.2) is 15.0 Å². The Hall–Kier alpha value is -2.44. The Kier molecular flexibility index (Phi) is 4.38. The number of ether oxygens (including phenoxy) is 2. The first kappa shape index (κ1) is 16.1.